The lowest BCUT2D eigenvalue weighted by atomic mass is 10.2. The second-order valence-electron chi connectivity index (χ2n) is 3.59. The van der Waals surface area contributed by atoms with Crippen molar-refractivity contribution in [3.05, 3.63) is 18.0 Å². The summed E-state index contributed by atoms with van der Waals surface area (Å²) in [7, 11) is 1.29. The van der Waals surface area contributed by atoms with Gasteiger partial charge in [0.2, 0.25) is 0 Å². The molecule has 0 unspecified atom stereocenters. The first-order chi connectivity index (χ1) is 7.56. The Hall–Kier alpha value is -1.85. The van der Waals surface area contributed by atoms with Crippen molar-refractivity contribution in [3.63, 3.8) is 0 Å². The van der Waals surface area contributed by atoms with Crippen LogP contribution in [-0.4, -0.2) is 46.7 Å². The van der Waals surface area contributed by atoms with E-state index in [4.69, 9.17) is 0 Å². The van der Waals surface area contributed by atoms with Crippen LogP contribution in [0.1, 0.15) is 24.2 Å². The van der Waals surface area contributed by atoms with Crippen molar-refractivity contribution in [2.75, 3.05) is 13.7 Å². The topological polar surface area (TPSA) is 75.3 Å². The number of ether oxygens (including phenoxy) is 1. The number of hydrogen-bond acceptors (Lipinski definition) is 4. The second kappa shape index (κ2) is 5.29. The van der Waals surface area contributed by atoms with Crippen LogP contribution in [-0.2, 0) is 9.53 Å². The highest BCUT2D eigenvalue weighted by Gasteiger charge is 2.22. The van der Waals surface area contributed by atoms with Crippen LogP contribution in [0, 0.1) is 0 Å². The summed E-state index contributed by atoms with van der Waals surface area (Å²) >= 11 is 0. The number of hydrogen-bond donors (Lipinski definition) is 1. The van der Waals surface area contributed by atoms with Crippen molar-refractivity contribution in [3.8, 4) is 0 Å². The van der Waals surface area contributed by atoms with Crippen molar-refractivity contribution in [1.82, 2.24) is 15.1 Å². The maximum absolute atomic E-state index is 12.0. The minimum Gasteiger partial charge on any atom is -0.468 e. The highest BCUT2D eigenvalue weighted by molar-refractivity contribution is 5.95. The standard InChI is InChI=1S/C10H15N3O3/c1-7(2)13(6-9(14)16-3)10(15)8-4-11-12-5-8/h4-5,7H,6H2,1-3H3,(H,11,12). The average molecular weight is 225 g/mol. The van der Waals surface area contributed by atoms with Crippen LogP contribution in [0.2, 0.25) is 0 Å². The lowest BCUT2D eigenvalue weighted by Gasteiger charge is -2.24. The average Bonchev–Trinajstić information content (AvgIpc) is 2.77. The smallest absolute Gasteiger partial charge is 0.325 e. The number of esters is 1. The van der Waals surface area contributed by atoms with Crippen LogP contribution in [0.3, 0.4) is 0 Å². The summed E-state index contributed by atoms with van der Waals surface area (Å²) in [5.41, 5.74) is 0.428. The summed E-state index contributed by atoms with van der Waals surface area (Å²) in [6, 6.07) is -0.0819. The molecule has 1 amide bonds. The van der Waals surface area contributed by atoms with Crippen molar-refractivity contribution >= 4 is 11.9 Å². The molecule has 6 nitrogen and oxygen atoms in total. The first-order valence-corrected chi connectivity index (χ1v) is 4.92. The Bertz CT molecular complexity index is 359. The Morgan fingerprint density at radius 2 is 2.25 bits per heavy atom. The Balaban J connectivity index is 2.78. The van der Waals surface area contributed by atoms with Crippen LogP contribution in [0.4, 0.5) is 0 Å². The first-order valence-electron chi connectivity index (χ1n) is 4.92. The lowest BCUT2D eigenvalue weighted by Crippen LogP contribution is -2.40. The van der Waals surface area contributed by atoms with Gasteiger partial charge >= 0.3 is 5.97 Å². The summed E-state index contributed by atoms with van der Waals surface area (Å²) in [6.45, 7) is 3.61. The van der Waals surface area contributed by atoms with E-state index in [0.717, 1.165) is 0 Å². The molecule has 0 radical (unpaired) electrons. The third kappa shape index (κ3) is 2.82. The molecule has 0 fully saturated rings. The molecule has 6 heteroatoms. The zero-order valence-corrected chi connectivity index (χ0v) is 9.56. The number of aromatic nitrogens is 2. The van der Waals surface area contributed by atoms with Gasteiger partial charge in [-0.3, -0.25) is 14.7 Å². The molecule has 0 aliphatic carbocycles. The highest BCUT2D eigenvalue weighted by atomic mass is 16.5. The molecule has 0 aliphatic heterocycles. The van der Waals surface area contributed by atoms with Gasteiger partial charge in [0.15, 0.2) is 0 Å². The zero-order valence-electron chi connectivity index (χ0n) is 9.56. The molecule has 1 N–H and O–H groups in total. The number of aromatic amines is 1. The summed E-state index contributed by atoms with van der Waals surface area (Å²) < 4.78 is 4.54. The maximum atomic E-state index is 12.0. The van der Waals surface area contributed by atoms with Crippen LogP contribution in [0.15, 0.2) is 12.4 Å². The van der Waals surface area contributed by atoms with Crippen LogP contribution in [0.5, 0.6) is 0 Å². The van der Waals surface area contributed by atoms with E-state index in [0.29, 0.717) is 5.56 Å². The fourth-order valence-electron chi connectivity index (χ4n) is 1.23. The molecule has 0 bridgehead atoms. The van der Waals surface area contributed by atoms with Gasteiger partial charge in [-0.1, -0.05) is 0 Å². The van der Waals surface area contributed by atoms with Crippen molar-refractivity contribution in [1.29, 1.82) is 0 Å². The van der Waals surface area contributed by atoms with E-state index in [1.165, 1.54) is 24.4 Å². The molecule has 0 atom stereocenters. The Morgan fingerprint density at radius 3 is 2.69 bits per heavy atom. The predicted molar refractivity (Wildman–Crippen MR) is 56.8 cm³/mol. The van der Waals surface area contributed by atoms with E-state index >= 15 is 0 Å². The fourth-order valence-corrected chi connectivity index (χ4v) is 1.23. The third-order valence-corrected chi connectivity index (χ3v) is 2.16. The SMILES string of the molecule is COC(=O)CN(C(=O)c1cn[nH]c1)C(C)C. The minimum absolute atomic E-state index is 0.0574. The number of carbonyl (C=O) groups is 2. The van der Waals surface area contributed by atoms with Crippen LogP contribution in [0.25, 0.3) is 0 Å². The quantitative estimate of drug-likeness (QED) is 0.754. The number of H-pyrrole nitrogens is 1. The number of nitrogens with zero attached hydrogens (tertiary/aromatic N) is 2. The van der Waals surface area contributed by atoms with Gasteiger partial charge in [-0.2, -0.15) is 5.10 Å². The molecule has 0 aromatic carbocycles. The van der Waals surface area contributed by atoms with E-state index in [-0.39, 0.29) is 18.5 Å². The van der Waals surface area contributed by atoms with Gasteiger partial charge in [0.1, 0.15) is 6.54 Å². The molecule has 1 heterocycles. The van der Waals surface area contributed by atoms with Gasteiger partial charge in [-0.25, -0.2) is 0 Å². The van der Waals surface area contributed by atoms with Gasteiger partial charge < -0.3 is 9.64 Å². The second-order valence-corrected chi connectivity index (χ2v) is 3.59. The molecule has 1 aromatic rings. The zero-order chi connectivity index (χ0) is 12.1. The number of amides is 1. The molecule has 16 heavy (non-hydrogen) atoms. The monoisotopic (exact) mass is 225 g/mol. The number of rotatable bonds is 4. The van der Waals surface area contributed by atoms with Crippen LogP contribution < -0.4 is 0 Å². The van der Waals surface area contributed by atoms with E-state index in [1.807, 2.05) is 13.8 Å². The van der Waals surface area contributed by atoms with Crippen LogP contribution >= 0.6 is 0 Å². The summed E-state index contributed by atoms with van der Waals surface area (Å²) in [4.78, 5) is 24.5. The number of carbonyl (C=O) groups excluding carboxylic acids is 2. The van der Waals surface area contributed by atoms with E-state index in [1.54, 1.807) is 0 Å². The summed E-state index contributed by atoms with van der Waals surface area (Å²) in [5.74, 6) is -0.681. The van der Waals surface area contributed by atoms with Gasteiger partial charge in [0, 0.05) is 12.2 Å². The number of methoxy groups -OCH3 is 1. The normalized spacial score (nSPS) is 10.2. The summed E-state index contributed by atoms with van der Waals surface area (Å²) in [5, 5.41) is 6.25. The summed E-state index contributed by atoms with van der Waals surface area (Å²) in [6.07, 6.45) is 2.92. The predicted octanol–water partition coefficient (Wildman–Crippen LogP) is 0.433. The molecule has 0 aliphatic rings. The van der Waals surface area contributed by atoms with E-state index in [2.05, 4.69) is 14.9 Å². The van der Waals surface area contributed by atoms with E-state index < -0.39 is 5.97 Å². The fraction of sp³-hybridized carbons (Fsp3) is 0.500. The van der Waals surface area contributed by atoms with Crippen molar-refractivity contribution in [2.45, 2.75) is 19.9 Å². The molecule has 1 rings (SSSR count). The molecule has 1 aromatic heterocycles. The molecule has 88 valence electrons. The van der Waals surface area contributed by atoms with E-state index in [9.17, 15) is 9.59 Å². The molecular weight excluding hydrogens is 210 g/mol. The van der Waals surface area contributed by atoms with Gasteiger partial charge in [0.05, 0.1) is 18.9 Å². The maximum Gasteiger partial charge on any atom is 0.325 e. The largest absolute Gasteiger partial charge is 0.468 e. The van der Waals surface area contributed by atoms with Crippen molar-refractivity contribution < 1.29 is 14.3 Å². The number of nitrogens with one attached hydrogen (secondary N) is 1. The first kappa shape index (κ1) is 12.2. The Labute approximate surface area is 93.6 Å². The Morgan fingerprint density at radius 1 is 1.56 bits per heavy atom. The minimum atomic E-state index is -0.439. The highest BCUT2D eigenvalue weighted by Crippen LogP contribution is 2.06. The van der Waals surface area contributed by atoms with Gasteiger partial charge in [-0.05, 0) is 13.8 Å². The molecule has 0 spiro atoms. The molecule has 0 saturated carbocycles. The lowest BCUT2D eigenvalue weighted by molar-refractivity contribution is -0.141. The Kier molecular flexibility index (Phi) is 4.04. The van der Waals surface area contributed by atoms with Gasteiger partial charge in [-0.15, -0.1) is 0 Å². The molecule has 0 saturated heterocycles. The molecular formula is C10H15N3O3. The van der Waals surface area contributed by atoms with Gasteiger partial charge in [0.25, 0.3) is 5.91 Å². The third-order valence-electron chi connectivity index (χ3n) is 2.16. The van der Waals surface area contributed by atoms with Crippen molar-refractivity contribution in [2.24, 2.45) is 0 Å².